The van der Waals surface area contributed by atoms with E-state index in [2.05, 4.69) is 22.8 Å². The van der Waals surface area contributed by atoms with Gasteiger partial charge in [-0.25, -0.2) is 4.68 Å². The van der Waals surface area contributed by atoms with Gasteiger partial charge in [-0.05, 0) is 62.0 Å². The maximum absolute atomic E-state index is 5.68. The lowest BCUT2D eigenvalue weighted by atomic mass is 10.1. The molecule has 0 unspecified atom stereocenters. The molecular weight excluding hydrogens is 382 g/mol. The molecule has 3 aromatic rings. The molecule has 0 aliphatic rings. The lowest BCUT2D eigenvalue weighted by molar-refractivity contribution is 0.317. The lowest BCUT2D eigenvalue weighted by Crippen LogP contribution is -2.31. The van der Waals surface area contributed by atoms with Crippen LogP contribution in [0.5, 0.6) is 5.75 Å². The maximum Gasteiger partial charge on any atom is 0.186 e. The summed E-state index contributed by atoms with van der Waals surface area (Å²) in [5, 5.41) is 12.5. The van der Waals surface area contributed by atoms with E-state index in [1.54, 1.807) is 6.21 Å². The minimum absolute atomic E-state index is 0.484. The molecule has 3 rings (SSSR count). The molecule has 0 saturated carbocycles. The van der Waals surface area contributed by atoms with Crippen molar-refractivity contribution in [1.82, 2.24) is 20.5 Å². The summed E-state index contributed by atoms with van der Waals surface area (Å²) in [4.78, 5) is 0. The number of hydrazone groups is 1. The van der Waals surface area contributed by atoms with Gasteiger partial charge in [0.2, 0.25) is 0 Å². The number of aromatic nitrogens is 2. The van der Waals surface area contributed by atoms with E-state index < -0.39 is 0 Å². The third-order valence-corrected chi connectivity index (χ3v) is 4.31. The minimum Gasteiger partial charge on any atom is -0.494 e. The second kappa shape index (κ2) is 10.4. The molecule has 0 saturated heterocycles. The smallest absolute Gasteiger partial charge is 0.186 e. The summed E-state index contributed by atoms with van der Waals surface area (Å²) in [6.45, 7) is 5.52. The van der Waals surface area contributed by atoms with Crippen LogP contribution in [0.4, 0.5) is 0 Å². The molecule has 0 fully saturated rings. The lowest BCUT2D eigenvalue weighted by Gasteiger charge is -2.05. The van der Waals surface area contributed by atoms with E-state index in [-0.39, 0.29) is 0 Å². The average Bonchev–Trinajstić information content (AvgIpc) is 3.17. The Balaban J connectivity index is 1.90. The van der Waals surface area contributed by atoms with Crippen molar-refractivity contribution < 1.29 is 4.74 Å². The molecule has 2 aromatic carbocycles. The van der Waals surface area contributed by atoms with Crippen LogP contribution in [0.2, 0.25) is 0 Å². The zero-order chi connectivity index (χ0) is 20.5. The van der Waals surface area contributed by atoms with Crippen LogP contribution in [-0.4, -0.2) is 34.3 Å². The summed E-state index contributed by atoms with van der Waals surface area (Å²) < 4.78 is 7.53. The molecule has 0 aliphatic carbocycles. The molecule has 150 valence electrons. The molecule has 0 aliphatic heterocycles. The number of rotatable bonds is 8. The summed E-state index contributed by atoms with van der Waals surface area (Å²) >= 11 is 5.16. The Kier molecular flexibility index (Phi) is 7.35. The molecule has 1 heterocycles. The molecule has 6 nitrogen and oxygen atoms in total. The van der Waals surface area contributed by atoms with E-state index in [1.807, 2.05) is 72.4 Å². The highest BCUT2D eigenvalue weighted by molar-refractivity contribution is 7.80. The third-order valence-electron chi connectivity index (χ3n) is 4.07. The van der Waals surface area contributed by atoms with Gasteiger partial charge in [-0.3, -0.25) is 5.43 Å². The van der Waals surface area contributed by atoms with Crippen LogP contribution in [0.3, 0.4) is 0 Å². The molecule has 1 aromatic heterocycles. The molecule has 0 amide bonds. The van der Waals surface area contributed by atoms with E-state index >= 15 is 0 Å². The highest BCUT2D eigenvalue weighted by Gasteiger charge is 2.11. The number of ether oxygens (including phenoxy) is 1. The first kappa shape index (κ1) is 20.5. The quantitative estimate of drug-likeness (QED) is 0.334. The van der Waals surface area contributed by atoms with Gasteiger partial charge in [-0.15, -0.1) is 0 Å². The zero-order valence-electron chi connectivity index (χ0n) is 16.6. The summed E-state index contributed by atoms with van der Waals surface area (Å²) in [6.07, 6.45) is 4.66. The topological polar surface area (TPSA) is 63.5 Å². The summed E-state index contributed by atoms with van der Waals surface area (Å²) in [5.74, 6) is 0.853. The second-order valence-electron chi connectivity index (χ2n) is 6.32. The molecule has 0 bridgehead atoms. The normalized spacial score (nSPS) is 10.8. The second-order valence-corrected chi connectivity index (χ2v) is 6.72. The van der Waals surface area contributed by atoms with Gasteiger partial charge in [-0.1, -0.05) is 25.1 Å². The Morgan fingerprint density at radius 2 is 1.90 bits per heavy atom. The van der Waals surface area contributed by atoms with Gasteiger partial charge >= 0.3 is 0 Å². The van der Waals surface area contributed by atoms with Gasteiger partial charge in [0.25, 0.3) is 0 Å². The number of nitrogens with one attached hydrogen (secondary N) is 2. The highest BCUT2D eigenvalue weighted by Crippen LogP contribution is 2.25. The molecule has 0 atom stereocenters. The first-order valence-electron chi connectivity index (χ1n) is 9.66. The molecule has 0 radical (unpaired) electrons. The molecular formula is C22H25N5OS. The van der Waals surface area contributed by atoms with Gasteiger partial charge in [-0.2, -0.15) is 10.2 Å². The fourth-order valence-electron chi connectivity index (χ4n) is 2.71. The number of hydrogen-bond acceptors (Lipinski definition) is 4. The SMILES string of the molecule is CCCOc1ccc(-c2nn(-c3ccccc3)cc2C=NNC(=S)NCC)cc1. The molecule has 0 spiro atoms. The van der Waals surface area contributed by atoms with Crippen LogP contribution in [0.1, 0.15) is 25.8 Å². The Morgan fingerprint density at radius 1 is 1.14 bits per heavy atom. The van der Waals surface area contributed by atoms with Gasteiger partial charge in [0.15, 0.2) is 5.11 Å². The Labute approximate surface area is 176 Å². The number of para-hydroxylation sites is 1. The Morgan fingerprint density at radius 3 is 2.59 bits per heavy atom. The number of hydrogen-bond donors (Lipinski definition) is 2. The van der Waals surface area contributed by atoms with Crippen molar-refractivity contribution in [1.29, 1.82) is 0 Å². The van der Waals surface area contributed by atoms with Crippen LogP contribution in [0.15, 0.2) is 65.9 Å². The number of benzene rings is 2. The highest BCUT2D eigenvalue weighted by atomic mass is 32.1. The van der Waals surface area contributed by atoms with Crippen molar-refractivity contribution in [3.8, 4) is 22.7 Å². The summed E-state index contributed by atoms with van der Waals surface area (Å²) in [7, 11) is 0. The monoisotopic (exact) mass is 407 g/mol. The largest absolute Gasteiger partial charge is 0.494 e. The van der Waals surface area contributed by atoms with Crippen molar-refractivity contribution in [2.24, 2.45) is 5.10 Å². The van der Waals surface area contributed by atoms with Crippen LogP contribution < -0.4 is 15.5 Å². The van der Waals surface area contributed by atoms with E-state index in [1.165, 1.54) is 0 Å². The average molecular weight is 408 g/mol. The molecule has 29 heavy (non-hydrogen) atoms. The van der Waals surface area contributed by atoms with Crippen LogP contribution >= 0.6 is 12.2 Å². The molecule has 7 heteroatoms. The summed E-state index contributed by atoms with van der Waals surface area (Å²) in [5.41, 5.74) is 6.50. The van der Waals surface area contributed by atoms with Gasteiger partial charge < -0.3 is 10.1 Å². The Hall–Kier alpha value is -3.19. The van der Waals surface area contributed by atoms with Crippen molar-refractivity contribution >= 4 is 23.5 Å². The maximum atomic E-state index is 5.68. The number of nitrogens with zero attached hydrogens (tertiary/aromatic N) is 3. The van der Waals surface area contributed by atoms with Crippen LogP contribution in [0, 0.1) is 0 Å². The van der Waals surface area contributed by atoms with Crippen molar-refractivity contribution in [3.05, 3.63) is 66.4 Å². The standard InChI is InChI=1S/C22H25N5OS/c1-3-14-28-20-12-10-17(11-13-20)21-18(15-24-25-22(29)23-4-2)16-27(26-21)19-8-6-5-7-9-19/h5-13,15-16H,3-4,14H2,1-2H3,(H2,23,25,29). The van der Waals surface area contributed by atoms with Crippen LogP contribution in [-0.2, 0) is 0 Å². The van der Waals surface area contributed by atoms with Crippen molar-refractivity contribution in [2.45, 2.75) is 20.3 Å². The van der Waals surface area contributed by atoms with E-state index in [0.29, 0.717) is 11.7 Å². The van der Waals surface area contributed by atoms with E-state index in [0.717, 1.165) is 41.2 Å². The predicted molar refractivity (Wildman–Crippen MR) is 122 cm³/mol. The molecule has 2 N–H and O–H groups in total. The predicted octanol–water partition coefficient (Wildman–Crippen LogP) is 4.15. The fourth-order valence-corrected chi connectivity index (χ4v) is 2.91. The Bertz CT molecular complexity index is 951. The fraction of sp³-hybridized carbons (Fsp3) is 0.227. The zero-order valence-corrected chi connectivity index (χ0v) is 17.4. The van der Waals surface area contributed by atoms with E-state index in [9.17, 15) is 0 Å². The first-order valence-corrected chi connectivity index (χ1v) is 10.1. The van der Waals surface area contributed by atoms with Crippen molar-refractivity contribution in [2.75, 3.05) is 13.2 Å². The van der Waals surface area contributed by atoms with Gasteiger partial charge in [0, 0.05) is 23.9 Å². The van der Waals surface area contributed by atoms with Crippen LogP contribution in [0.25, 0.3) is 16.9 Å². The van der Waals surface area contributed by atoms with Crippen molar-refractivity contribution in [3.63, 3.8) is 0 Å². The first-order chi connectivity index (χ1) is 14.2. The van der Waals surface area contributed by atoms with E-state index in [4.69, 9.17) is 22.1 Å². The van der Waals surface area contributed by atoms with Gasteiger partial charge in [0.05, 0.1) is 18.5 Å². The third kappa shape index (κ3) is 5.65. The summed E-state index contributed by atoms with van der Waals surface area (Å²) in [6, 6.07) is 17.9. The minimum atomic E-state index is 0.484. The van der Waals surface area contributed by atoms with Gasteiger partial charge in [0.1, 0.15) is 11.4 Å². The number of thiocarbonyl (C=S) groups is 1.